The molecular weight excluding hydrogens is 424 g/mol. The van der Waals surface area contributed by atoms with E-state index >= 15 is 0 Å². The maximum absolute atomic E-state index is 13.4. The first-order valence-electron chi connectivity index (χ1n) is 9.49. The van der Waals surface area contributed by atoms with E-state index in [1.54, 1.807) is 12.1 Å². The molecular formula is C24H18Cl2FNO2. The number of carbonyl (C=O) groups is 1. The minimum absolute atomic E-state index is 0.0831. The van der Waals surface area contributed by atoms with E-state index in [1.807, 2.05) is 6.92 Å². The summed E-state index contributed by atoms with van der Waals surface area (Å²) in [6, 6.07) is 18.9. The van der Waals surface area contributed by atoms with Crippen LogP contribution in [0.15, 0.2) is 71.9 Å². The highest BCUT2D eigenvalue weighted by Gasteiger charge is 2.43. The second-order valence-electron chi connectivity index (χ2n) is 7.35. The zero-order valence-electron chi connectivity index (χ0n) is 16.1. The molecule has 4 rings (SSSR count). The van der Waals surface area contributed by atoms with Gasteiger partial charge in [-0.25, -0.2) is 9.18 Å². The summed E-state index contributed by atoms with van der Waals surface area (Å²) in [5.74, 6) is -0.615. The first-order chi connectivity index (χ1) is 14.4. The van der Waals surface area contributed by atoms with Crippen LogP contribution in [-0.2, 0) is 4.84 Å². The molecule has 3 nitrogen and oxygen atoms in total. The van der Waals surface area contributed by atoms with Gasteiger partial charge in [0.2, 0.25) is 0 Å². The summed E-state index contributed by atoms with van der Waals surface area (Å²) in [5, 5.41) is 4.79. The predicted octanol–water partition coefficient (Wildman–Crippen LogP) is 6.81. The molecule has 0 amide bonds. The number of oxime groups is 1. The summed E-state index contributed by atoms with van der Waals surface area (Å²) in [6.45, 7) is 2.04. The van der Waals surface area contributed by atoms with Crippen LogP contribution in [0, 0.1) is 18.7 Å². The van der Waals surface area contributed by atoms with Crippen molar-refractivity contribution in [2.75, 3.05) is 0 Å². The lowest BCUT2D eigenvalue weighted by Crippen LogP contribution is -2.09. The second-order valence-corrected chi connectivity index (χ2v) is 8.16. The third-order valence-electron chi connectivity index (χ3n) is 5.17. The van der Waals surface area contributed by atoms with Crippen LogP contribution in [0.1, 0.15) is 39.4 Å². The van der Waals surface area contributed by atoms with Crippen molar-refractivity contribution >= 4 is 34.9 Å². The molecule has 1 fully saturated rings. The molecule has 3 aromatic rings. The summed E-state index contributed by atoms with van der Waals surface area (Å²) in [5.41, 5.74) is 3.99. The lowest BCUT2D eigenvalue weighted by molar-refractivity contribution is 0.0515. The van der Waals surface area contributed by atoms with E-state index in [0.717, 1.165) is 12.0 Å². The minimum Gasteiger partial charge on any atom is -0.313 e. The van der Waals surface area contributed by atoms with Gasteiger partial charge in [0.05, 0.1) is 21.3 Å². The van der Waals surface area contributed by atoms with Crippen molar-refractivity contribution in [1.29, 1.82) is 0 Å². The Morgan fingerprint density at radius 1 is 0.967 bits per heavy atom. The molecule has 0 saturated heterocycles. The Balaban J connectivity index is 1.59. The SMILES string of the molecule is Cc1ccc(C2CC2C(=NOC(=O)c2ccc(Cl)c(Cl)c2)c2ccc(F)cc2)cc1. The Bertz CT molecular complexity index is 1110. The summed E-state index contributed by atoms with van der Waals surface area (Å²) < 4.78 is 13.4. The molecule has 0 N–H and O–H groups in total. The molecule has 2 atom stereocenters. The van der Waals surface area contributed by atoms with E-state index in [1.165, 1.54) is 41.5 Å². The highest BCUT2D eigenvalue weighted by atomic mass is 35.5. The van der Waals surface area contributed by atoms with E-state index in [4.69, 9.17) is 28.0 Å². The third-order valence-corrected chi connectivity index (χ3v) is 5.91. The Morgan fingerprint density at radius 3 is 2.30 bits per heavy atom. The summed E-state index contributed by atoms with van der Waals surface area (Å²) >= 11 is 11.9. The van der Waals surface area contributed by atoms with Crippen molar-refractivity contribution in [2.24, 2.45) is 11.1 Å². The van der Waals surface area contributed by atoms with Crippen LogP contribution in [0.3, 0.4) is 0 Å². The predicted molar refractivity (Wildman–Crippen MR) is 117 cm³/mol. The quantitative estimate of drug-likeness (QED) is 0.248. The molecule has 30 heavy (non-hydrogen) atoms. The van der Waals surface area contributed by atoms with Crippen LogP contribution >= 0.6 is 23.2 Å². The van der Waals surface area contributed by atoms with Crippen molar-refractivity contribution in [3.63, 3.8) is 0 Å². The molecule has 3 aromatic carbocycles. The zero-order chi connectivity index (χ0) is 21.3. The van der Waals surface area contributed by atoms with Gasteiger partial charge < -0.3 is 4.84 Å². The van der Waals surface area contributed by atoms with E-state index < -0.39 is 5.97 Å². The largest absolute Gasteiger partial charge is 0.365 e. The van der Waals surface area contributed by atoms with Gasteiger partial charge in [0.25, 0.3) is 0 Å². The van der Waals surface area contributed by atoms with Crippen LogP contribution in [0.5, 0.6) is 0 Å². The van der Waals surface area contributed by atoms with Gasteiger partial charge in [0, 0.05) is 5.92 Å². The number of hydrogen-bond acceptors (Lipinski definition) is 3. The van der Waals surface area contributed by atoms with Crippen LogP contribution < -0.4 is 0 Å². The molecule has 0 spiro atoms. The summed E-state index contributed by atoms with van der Waals surface area (Å²) in [6.07, 6.45) is 0.879. The first-order valence-corrected chi connectivity index (χ1v) is 10.2. The molecule has 6 heteroatoms. The number of halogens is 3. The van der Waals surface area contributed by atoms with Crippen LogP contribution in [0.4, 0.5) is 4.39 Å². The number of rotatable bonds is 5. The summed E-state index contributed by atoms with van der Waals surface area (Å²) in [7, 11) is 0. The molecule has 2 unspecified atom stereocenters. The van der Waals surface area contributed by atoms with Crippen LogP contribution in [-0.4, -0.2) is 11.7 Å². The fourth-order valence-electron chi connectivity index (χ4n) is 3.40. The van der Waals surface area contributed by atoms with E-state index in [0.29, 0.717) is 10.7 Å². The number of carbonyl (C=O) groups excluding carboxylic acids is 1. The van der Waals surface area contributed by atoms with E-state index in [2.05, 4.69) is 29.4 Å². The average molecular weight is 442 g/mol. The molecule has 0 bridgehead atoms. The Labute approximate surface area is 184 Å². The third kappa shape index (κ3) is 4.55. The van der Waals surface area contributed by atoms with Gasteiger partial charge in [-0.05, 0) is 60.7 Å². The van der Waals surface area contributed by atoms with Crippen molar-refractivity contribution < 1.29 is 14.0 Å². The number of benzene rings is 3. The van der Waals surface area contributed by atoms with Gasteiger partial charge in [0.1, 0.15) is 5.82 Å². The average Bonchev–Trinajstić information content (AvgIpc) is 3.52. The standard InChI is InChI=1S/C24H18Cl2FNO2/c1-14-2-4-15(5-3-14)19-13-20(19)23(16-6-9-18(27)10-7-16)28-30-24(29)17-8-11-21(25)22(26)12-17/h2-12,19-20H,13H2,1H3. The number of aryl methyl sites for hydroxylation is 1. The number of hydrogen-bond donors (Lipinski definition) is 0. The van der Waals surface area contributed by atoms with Gasteiger partial charge in [-0.2, -0.15) is 0 Å². The molecule has 0 aromatic heterocycles. The smallest absolute Gasteiger partial charge is 0.313 e. The fraction of sp³-hybridized carbons (Fsp3) is 0.167. The maximum atomic E-state index is 13.4. The maximum Gasteiger partial charge on any atom is 0.365 e. The van der Waals surface area contributed by atoms with Crippen LogP contribution in [0.25, 0.3) is 0 Å². The van der Waals surface area contributed by atoms with Gasteiger partial charge >= 0.3 is 5.97 Å². The summed E-state index contributed by atoms with van der Waals surface area (Å²) in [4.78, 5) is 17.7. The molecule has 152 valence electrons. The first kappa shape index (κ1) is 20.6. The van der Waals surface area contributed by atoms with Crippen molar-refractivity contribution in [3.05, 3.63) is 105 Å². The monoisotopic (exact) mass is 441 g/mol. The minimum atomic E-state index is -0.638. The lowest BCUT2D eigenvalue weighted by Gasteiger charge is -2.08. The van der Waals surface area contributed by atoms with Crippen molar-refractivity contribution in [3.8, 4) is 0 Å². The zero-order valence-corrected chi connectivity index (χ0v) is 17.6. The molecule has 1 aliphatic rings. The van der Waals surface area contributed by atoms with Gasteiger partial charge in [-0.1, -0.05) is 70.3 Å². The Morgan fingerprint density at radius 2 is 1.63 bits per heavy atom. The van der Waals surface area contributed by atoms with Crippen molar-refractivity contribution in [2.45, 2.75) is 19.3 Å². The van der Waals surface area contributed by atoms with E-state index in [9.17, 15) is 9.18 Å². The molecule has 0 aliphatic heterocycles. The van der Waals surface area contributed by atoms with E-state index in [-0.39, 0.29) is 28.2 Å². The molecule has 0 radical (unpaired) electrons. The Kier molecular flexibility index (Phi) is 5.89. The second kappa shape index (κ2) is 8.58. The topological polar surface area (TPSA) is 38.7 Å². The van der Waals surface area contributed by atoms with Crippen LogP contribution in [0.2, 0.25) is 10.0 Å². The fourth-order valence-corrected chi connectivity index (χ4v) is 3.70. The highest BCUT2D eigenvalue weighted by Crippen LogP contribution is 2.49. The Hall–Kier alpha value is -2.69. The normalized spacial score (nSPS) is 18.2. The molecule has 0 heterocycles. The van der Waals surface area contributed by atoms with Gasteiger partial charge in [-0.15, -0.1) is 0 Å². The highest BCUT2D eigenvalue weighted by molar-refractivity contribution is 6.42. The molecule has 1 saturated carbocycles. The van der Waals surface area contributed by atoms with Crippen molar-refractivity contribution in [1.82, 2.24) is 0 Å². The molecule has 1 aliphatic carbocycles. The van der Waals surface area contributed by atoms with Gasteiger partial charge in [0.15, 0.2) is 0 Å². The van der Waals surface area contributed by atoms with Gasteiger partial charge in [-0.3, -0.25) is 0 Å². The lowest BCUT2D eigenvalue weighted by atomic mass is 10.0. The number of nitrogens with zero attached hydrogens (tertiary/aromatic N) is 1.